The molecule has 4 heteroatoms. The predicted molar refractivity (Wildman–Crippen MR) is 184 cm³/mol. The van der Waals surface area contributed by atoms with Gasteiger partial charge in [-0.1, -0.05) is 97.1 Å². The van der Waals surface area contributed by atoms with E-state index in [0.717, 1.165) is 77.6 Å². The number of fused-ring (bicyclic) bond motifs is 6. The van der Waals surface area contributed by atoms with Gasteiger partial charge in [-0.15, -0.1) is 0 Å². The molecular weight excluding hydrogens is 552 g/mol. The minimum absolute atomic E-state index is 0.618. The van der Waals surface area contributed by atoms with Crippen LogP contribution in [-0.4, -0.2) is 4.98 Å². The number of furan rings is 1. The molecule has 212 valence electrons. The third kappa shape index (κ3) is 4.19. The minimum Gasteiger partial charge on any atom is -0.456 e. The Morgan fingerprint density at radius 3 is 1.96 bits per heavy atom. The Balaban J connectivity index is 1.32. The van der Waals surface area contributed by atoms with Crippen LogP contribution in [0.4, 0.5) is 17.1 Å². The lowest BCUT2D eigenvalue weighted by Gasteiger charge is -2.29. The van der Waals surface area contributed by atoms with Crippen molar-refractivity contribution in [2.45, 2.75) is 0 Å². The third-order valence-electron chi connectivity index (χ3n) is 8.50. The van der Waals surface area contributed by atoms with E-state index in [-0.39, 0.29) is 0 Å². The molecule has 7 aromatic carbocycles. The predicted octanol–water partition coefficient (Wildman–Crippen LogP) is 11.7. The third-order valence-corrected chi connectivity index (χ3v) is 8.50. The van der Waals surface area contributed by atoms with Gasteiger partial charge in [-0.3, -0.25) is 0 Å². The summed E-state index contributed by atoms with van der Waals surface area (Å²) in [6, 6.07) is 54.5. The molecule has 0 aliphatic heterocycles. The first-order chi connectivity index (χ1) is 22.3. The summed E-state index contributed by atoms with van der Waals surface area (Å²) >= 11 is 0. The lowest BCUT2D eigenvalue weighted by atomic mass is 10.00. The van der Waals surface area contributed by atoms with Crippen molar-refractivity contribution in [2.75, 3.05) is 4.90 Å². The van der Waals surface area contributed by atoms with Gasteiger partial charge < -0.3 is 13.7 Å². The van der Waals surface area contributed by atoms with E-state index >= 15 is 0 Å². The van der Waals surface area contributed by atoms with E-state index in [9.17, 15) is 0 Å². The lowest BCUT2D eigenvalue weighted by molar-refractivity contribution is 0.620. The number of benzene rings is 7. The molecule has 9 rings (SSSR count). The smallest absolute Gasteiger partial charge is 0.227 e. The van der Waals surface area contributed by atoms with Crippen molar-refractivity contribution in [3.8, 4) is 22.6 Å². The van der Waals surface area contributed by atoms with Crippen molar-refractivity contribution in [2.24, 2.45) is 0 Å². The molecule has 0 bridgehead atoms. The highest BCUT2D eigenvalue weighted by Crippen LogP contribution is 2.45. The zero-order chi connectivity index (χ0) is 29.7. The number of oxazole rings is 1. The fourth-order valence-corrected chi connectivity index (χ4v) is 6.42. The van der Waals surface area contributed by atoms with Crippen molar-refractivity contribution in [1.82, 2.24) is 4.98 Å². The van der Waals surface area contributed by atoms with E-state index < -0.39 is 0 Å². The van der Waals surface area contributed by atoms with Crippen LogP contribution >= 0.6 is 0 Å². The fraction of sp³-hybridized carbons (Fsp3) is 0. The van der Waals surface area contributed by atoms with E-state index in [4.69, 9.17) is 13.8 Å². The number of aromatic nitrogens is 1. The van der Waals surface area contributed by atoms with Gasteiger partial charge in [-0.25, -0.2) is 4.98 Å². The molecule has 0 radical (unpaired) electrons. The average Bonchev–Trinajstić information content (AvgIpc) is 3.72. The zero-order valence-electron chi connectivity index (χ0n) is 24.2. The Hall–Kier alpha value is -6.13. The maximum Gasteiger partial charge on any atom is 0.227 e. The monoisotopic (exact) mass is 578 g/mol. The second-order valence-electron chi connectivity index (χ2n) is 11.2. The SMILES string of the molecule is c1ccc(-c2nc3c(ccc4c(N(c5ccc6oc7ccccc7c6c5)c5ccccc5-c5ccccc5)cccc43)o2)cc1. The van der Waals surface area contributed by atoms with Gasteiger partial charge in [0, 0.05) is 38.4 Å². The Morgan fingerprint density at radius 1 is 0.422 bits per heavy atom. The summed E-state index contributed by atoms with van der Waals surface area (Å²) in [6.07, 6.45) is 0. The van der Waals surface area contributed by atoms with Gasteiger partial charge in [0.1, 0.15) is 16.7 Å². The second-order valence-corrected chi connectivity index (χ2v) is 11.2. The van der Waals surface area contributed by atoms with Crippen LogP contribution in [0.15, 0.2) is 167 Å². The first kappa shape index (κ1) is 25.4. The first-order valence-electron chi connectivity index (χ1n) is 15.1. The molecule has 0 aliphatic rings. The molecule has 45 heavy (non-hydrogen) atoms. The highest BCUT2D eigenvalue weighted by atomic mass is 16.3. The molecule has 0 aliphatic carbocycles. The largest absolute Gasteiger partial charge is 0.456 e. The van der Waals surface area contributed by atoms with Crippen LogP contribution in [-0.2, 0) is 0 Å². The molecule has 0 N–H and O–H groups in total. The van der Waals surface area contributed by atoms with Crippen molar-refractivity contribution < 1.29 is 8.83 Å². The van der Waals surface area contributed by atoms with Crippen LogP contribution in [0.25, 0.3) is 66.4 Å². The highest BCUT2D eigenvalue weighted by Gasteiger charge is 2.22. The second kappa shape index (κ2) is 10.2. The molecule has 0 spiro atoms. The number of para-hydroxylation sites is 2. The molecule has 0 saturated heterocycles. The van der Waals surface area contributed by atoms with Gasteiger partial charge in [-0.2, -0.15) is 0 Å². The Labute approximate surface area is 259 Å². The molecule has 0 fully saturated rings. The molecule has 0 amide bonds. The molecule has 2 aromatic heterocycles. The van der Waals surface area contributed by atoms with Crippen molar-refractivity contribution in [1.29, 1.82) is 0 Å². The van der Waals surface area contributed by atoms with E-state index in [1.54, 1.807) is 0 Å². The highest BCUT2D eigenvalue weighted by molar-refractivity contribution is 6.12. The molecule has 9 aromatic rings. The Bertz CT molecular complexity index is 2490. The number of anilines is 3. The van der Waals surface area contributed by atoms with Crippen LogP contribution in [0, 0.1) is 0 Å². The summed E-state index contributed by atoms with van der Waals surface area (Å²) in [5, 5.41) is 4.30. The summed E-state index contributed by atoms with van der Waals surface area (Å²) < 4.78 is 12.5. The maximum atomic E-state index is 6.25. The van der Waals surface area contributed by atoms with E-state index in [2.05, 4.69) is 114 Å². The van der Waals surface area contributed by atoms with Gasteiger partial charge in [0.2, 0.25) is 5.89 Å². The molecule has 0 unspecified atom stereocenters. The van der Waals surface area contributed by atoms with Crippen LogP contribution in [0.5, 0.6) is 0 Å². The van der Waals surface area contributed by atoms with Crippen LogP contribution in [0.1, 0.15) is 0 Å². The summed E-state index contributed by atoms with van der Waals surface area (Å²) in [6.45, 7) is 0. The van der Waals surface area contributed by atoms with Gasteiger partial charge >= 0.3 is 0 Å². The summed E-state index contributed by atoms with van der Waals surface area (Å²) in [5.41, 5.74) is 9.78. The molecule has 4 nitrogen and oxygen atoms in total. The standard InChI is InChI=1S/C41H26N2O2/c1-3-12-27(13-4-1)30-16-7-9-19-35(30)43(29-22-24-38-34(26-29)32-17-8-10-21-37(32)44-38)36-20-11-18-33-31(36)23-25-39-40(33)42-41(45-39)28-14-5-2-6-15-28/h1-26H. The van der Waals surface area contributed by atoms with Crippen LogP contribution in [0.2, 0.25) is 0 Å². The van der Waals surface area contributed by atoms with Crippen LogP contribution in [0.3, 0.4) is 0 Å². The van der Waals surface area contributed by atoms with Crippen molar-refractivity contribution in [3.05, 3.63) is 158 Å². The van der Waals surface area contributed by atoms with Crippen LogP contribution < -0.4 is 4.90 Å². The topological polar surface area (TPSA) is 42.4 Å². The summed E-state index contributed by atoms with van der Waals surface area (Å²) in [4.78, 5) is 7.35. The average molecular weight is 579 g/mol. The van der Waals surface area contributed by atoms with Gasteiger partial charge in [-0.05, 0) is 66.2 Å². The Kier molecular flexibility index (Phi) is 5.78. The number of hydrogen-bond donors (Lipinski definition) is 0. The molecule has 0 atom stereocenters. The number of nitrogens with zero attached hydrogens (tertiary/aromatic N) is 2. The van der Waals surface area contributed by atoms with Crippen molar-refractivity contribution in [3.63, 3.8) is 0 Å². The molecular formula is C41H26N2O2. The maximum absolute atomic E-state index is 6.25. The summed E-state index contributed by atoms with van der Waals surface area (Å²) in [7, 11) is 0. The molecule has 0 saturated carbocycles. The lowest BCUT2D eigenvalue weighted by Crippen LogP contribution is -2.11. The van der Waals surface area contributed by atoms with Gasteiger partial charge in [0.25, 0.3) is 0 Å². The first-order valence-corrected chi connectivity index (χ1v) is 15.1. The fourth-order valence-electron chi connectivity index (χ4n) is 6.42. The van der Waals surface area contributed by atoms with Gasteiger partial charge in [0.05, 0.1) is 11.4 Å². The number of rotatable bonds is 5. The van der Waals surface area contributed by atoms with Crippen molar-refractivity contribution >= 4 is 60.9 Å². The van der Waals surface area contributed by atoms with E-state index in [1.807, 2.05) is 48.5 Å². The van der Waals surface area contributed by atoms with Gasteiger partial charge in [0.15, 0.2) is 5.58 Å². The normalized spacial score (nSPS) is 11.6. The summed E-state index contributed by atoms with van der Waals surface area (Å²) in [5.74, 6) is 0.618. The molecule has 2 heterocycles. The number of hydrogen-bond acceptors (Lipinski definition) is 4. The minimum atomic E-state index is 0.618. The van der Waals surface area contributed by atoms with E-state index in [1.165, 1.54) is 0 Å². The van der Waals surface area contributed by atoms with E-state index in [0.29, 0.717) is 5.89 Å². The zero-order valence-corrected chi connectivity index (χ0v) is 24.2. The Morgan fingerprint density at radius 2 is 1.09 bits per heavy atom. The quantitative estimate of drug-likeness (QED) is 0.204.